The lowest BCUT2D eigenvalue weighted by Crippen LogP contribution is -2.40. The average Bonchev–Trinajstić information content (AvgIpc) is 2.80. The molecule has 0 aromatic carbocycles. The summed E-state index contributed by atoms with van der Waals surface area (Å²) in [6.45, 7) is 0.750. The molecule has 5 N–H and O–H groups in total. The molecular weight excluding hydrogens is 296 g/mol. The lowest BCUT2D eigenvalue weighted by molar-refractivity contribution is -0.0554. The van der Waals surface area contributed by atoms with E-state index in [-0.39, 0.29) is 18.6 Å². The molecule has 1 aromatic rings. The normalized spacial score (nSPS) is 29.7. The summed E-state index contributed by atoms with van der Waals surface area (Å²) in [7, 11) is 0. The molecule has 0 amide bonds. The van der Waals surface area contributed by atoms with Crippen molar-refractivity contribution < 1.29 is 25.2 Å². The molecule has 1 aromatic heterocycles. The van der Waals surface area contributed by atoms with Gasteiger partial charge in [0.1, 0.15) is 6.10 Å². The molecule has 2 rings (SSSR count). The highest BCUT2D eigenvalue weighted by Crippen LogP contribution is 2.35. The van der Waals surface area contributed by atoms with E-state index in [0.717, 1.165) is 4.57 Å². The van der Waals surface area contributed by atoms with Crippen LogP contribution in [0.25, 0.3) is 0 Å². The van der Waals surface area contributed by atoms with Gasteiger partial charge in [0.25, 0.3) is 5.56 Å². The number of aromatic amines is 1. The molecule has 1 saturated heterocycles. The molecule has 5 atom stereocenters. The summed E-state index contributed by atoms with van der Waals surface area (Å²) in [5, 5.41) is 38.6. The van der Waals surface area contributed by atoms with E-state index in [1.165, 1.54) is 13.1 Å². The van der Waals surface area contributed by atoms with Gasteiger partial charge in [0.2, 0.25) is 0 Å². The number of nitrogens with zero attached hydrogens (tertiary/aromatic N) is 1. The molecule has 22 heavy (non-hydrogen) atoms. The maximum Gasteiger partial charge on any atom is 0.330 e. The summed E-state index contributed by atoms with van der Waals surface area (Å²) in [5.74, 6) is -0.860. The number of aromatic nitrogens is 2. The first-order chi connectivity index (χ1) is 10.4. The lowest BCUT2D eigenvalue weighted by atomic mass is 9.90. The first-order valence-electron chi connectivity index (χ1n) is 6.96. The second kappa shape index (κ2) is 6.71. The summed E-state index contributed by atoms with van der Waals surface area (Å²) in [4.78, 5) is 25.4. The summed E-state index contributed by atoms with van der Waals surface area (Å²) >= 11 is 0. The molecule has 1 fully saturated rings. The van der Waals surface area contributed by atoms with Crippen LogP contribution in [0.3, 0.4) is 0 Å². The van der Waals surface area contributed by atoms with Gasteiger partial charge in [0.15, 0.2) is 6.23 Å². The number of aliphatic hydroxyl groups excluding tert-OH is 4. The monoisotopic (exact) mass is 316 g/mol. The fraction of sp³-hybridized carbons (Fsp3) is 0.692. The maximum atomic E-state index is 11.9. The van der Waals surface area contributed by atoms with Gasteiger partial charge >= 0.3 is 5.69 Å². The van der Waals surface area contributed by atoms with Crippen molar-refractivity contribution in [2.24, 2.45) is 5.92 Å². The van der Waals surface area contributed by atoms with E-state index in [1.54, 1.807) is 0 Å². The van der Waals surface area contributed by atoms with Gasteiger partial charge in [-0.1, -0.05) is 0 Å². The third kappa shape index (κ3) is 2.99. The Morgan fingerprint density at radius 2 is 2.09 bits per heavy atom. The zero-order chi connectivity index (χ0) is 16.4. The van der Waals surface area contributed by atoms with Gasteiger partial charge in [0.05, 0.1) is 18.8 Å². The number of rotatable bonds is 5. The number of ether oxygens (including phenoxy) is 1. The predicted molar refractivity (Wildman–Crippen MR) is 74.3 cm³/mol. The number of hydrogen-bond donors (Lipinski definition) is 5. The summed E-state index contributed by atoms with van der Waals surface area (Å²) in [5.41, 5.74) is -1.03. The van der Waals surface area contributed by atoms with Gasteiger partial charge in [-0.15, -0.1) is 0 Å². The highest BCUT2D eigenvalue weighted by molar-refractivity contribution is 5.03. The SMILES string of the molecule is Cc1cn([C@@H]2O[C@H](CO)[C@@H]([C@H](O)CCO)[C@H]2O)c(=O)[nH]c1=O. The fourth-order valence-electron chi connectivity index (χ4n) is 2.73. The van der Waals surface area contributed by atoms with Gasteiger partial charge in [0, 0.05) is 24.3 Å². The Hall–Kier alpha value is -1.52. The van der Waals surface area contributed by atoms with E-state index in [0.29, 0.717) is 0 Å². The molecule has 0 spiro atoms. The van der Waals surface area contributed by atoms with E-state index >= 15 is 0 Å². The summed E-state index contributed by atoms with van der Waals surface area (Å²) in [6.07, 6.45) is -3.14. The van der Waals surface area contributed by atoms with Gasteiger partial charge in [-0.05, 0) is 13.3 Å². The average molecular weight is 316 g/mol. The molecule has 0 unspecified atom stereocenters. The molecule has 2 heterocycles. The Morgan fingerprint density at radius 3 is 2.68 bits per heavy atom. The standard InChI is InChI=1S/C13H20N2O7/c1-6-4-15(13(21)14-11(6)20)12-10(19)9(7(18)2-3-16)8(5-17)22-12/h4,7-10,12,16-19H,2-3,5H2,1H3,(H,14,20,21)/t7-,8-,9-,10-,12-/m1/s1. The maximum absolute atomic E-state index is 11.9. The molecule has 1 aliphatic heterocycles. The zero-order valence-corrected chi connectivity index (χ0v) is 12.0. The largest absolute Gasteiger partial charge is 0.396 e. The summed E-state index contributed by atoms with van der Waals surface area (Å²) < 4.78 is 6.49. The molecule has 9 nitrogen and oxygen atoms in total. The smallest absolute Gasteiger partial charge is 0.330 e. The van der Waals surface area contributed by atoms with E-state index in [1.807, 2.05) is 0 Å². The lowest BCUT2D eigenvalue weighted by Gasteiger charge is -2.24. The highest BCUT2D eigenvalue weighted by atomic mass is 16.5. The van der Waals surface area contributed by atoms with Crippen LogP contribution in [0.1, 0.15) is 18.2 Å². The summed E-state index contributed by atoms with van der Waals surface area (Å²) in [6, 6.07) is 0. The molecule has 1 aliphatic rings. The Kier molecular flexibility index (Phi) is 5.14. The van der Waals surface area contributed by atoms with Crippen molar-refractivity contribution in [2.75, 3.05) is 13.2 Å². The van der Waals surface area contributed by atoms with Crippen LogP contribution in [0, 0.1) is 12.8 Å². The van der Waals surface area contributed by atoms with Crippen molar-refractivity contribution >= 4 is 0 Å². The molecule has 0 bridgehead atoms. The van der Waals surface area contributed by atoms with Crippen molar-refractivity contribution in [3.63, 3.8) is 0 Å². The van der Waals surface area contributed by atoms with Crippen molar-refractivity contribution in [3.05, 3.63) is 32.6 Å². The van der Waals surface area contributed by atoms with Crippen molar-refractivity contribution in [2.45, 2.75) is 37.9 Å². The fourth-order valence-corrected chi connectivity index (χ4v) is 2.73. The third-order valence-corrected chi connectivity index (χ3v) is 3.90. The molecular formula is C13H20N2O7. The number of H-pyrrole nitrogens is 1. The Morgan fingerprint density at radius 1 is 1.41 bits per heavy atom. The number of aliphatic hydroxyl groups is 4. The minimum absolute atomic E-state index is 0.00779. The zero-order valence-electron chi connectivity index (χ0n) is 12.0. The van der Waals surface area contributed by atoms with E-state index in [2.05, 4.69) is 4.98 Å². The Bertz CT molecular complexity index is 626. The van der Waals surface area contributed by atoms with Crippen LogP contribution < -0.4 is 11.2 Å². The van der Waals surface area contributed by atoms with Crippen molar-refractivity contribution in [1.82, 2.24) is 9.55 Å². The van der Waals surface area contributed by atoms with Gasteiger partial charge < -0.3 is 25.2 Å². The van der Waals surface area contributed by atoms with Gasteiger partial charge in [-0.3, -0.25) is 14.3 Å². The van der Waals surface area contributed by atoms with E-state index in [9.17, 15) is 24.9 Å². The minimum Gasteiger partial charge on any atom is -0.396 e. The minimum atomic E-state index is -1.28. The second-order valence-corrected chi connectivity index (χ2v) is 5.37. The molecule has 0 aliphatic carbocycles. The van der Waals surface area contributed by atoms with Crippen LogP contribution in [0.15, 0.2) is 15.8 Å². The number of nitrogens with one attached hydrogen (secondary N) is 1. The number of hydrogen-bond acceptors (Lipinski definition) is 7. The second-order valence-electron chi connectivity index (χ2n) is 5.37. The van der Waals surface area contributed by atoms with Gasteiger partial charge in [-0.25, -0.2) is 4.79 Å². The molecule has 9 heteroatoms. The predicted octanol–water partition coefficient (Wildman–Crippen LogP) is -2.54. The van der Waals surface area contributed by atoms with Gasteiger partial charge in [-0.2, -0.15) is 0 Å². The van der Waals surface area contributed by atoms with Crippen LogP contribution in [-0.4, -0.2) is 61.5 Å². The Labute approximate surface area is 125 Å². The van der Waals surface area contributed by atoms with Crippen LogP contribution in [0.4, 0.5) is 0 Å². The van der Waals surface area contributed by atoms with Crippen LogP contribution in [0.2, 0.25) is 0 Å². The first-order valence-corrected chi connectivity index (χ1v) is 6.96. The Balaban J connectivity index is 2.36. The first kappa shape index (κ1) is 16.8. The third-order valence-electron chi connectivity index (χ3n) is 3.90. The van der Waals surface area contributed by atoms with E-state index < -0.39 is 48.3 Å². The quantitative estimate of drug-likeness (QED) is 0.402. The van der Waals surface area contributed by atoms with Crippen molar-refractivity contribution in [3.8, 4) is 0 Å². The van der Waals surface area contributed by atoms with Crippen LogP contribution >= 0.6 is 0 Å². The van der Waals surface area contributed by atoms with E-state index in [4.69, 9.17) is 9.84 Å². The van der Waals surface area contributed by atoms with Crippen molar-refractivity contribution in [1.29, 1.82) is 0 Å². The van der Waals surface area contributed by atoms with Crippen LogP contribution in [-0.2, 0) is 4.74 Å². The topological polar surface area (TPSA) is 145 Å². The highest BCUT2D eigenvalue weighted by Gasteiger charge is 2.47. The molecule has 0 radical (unpaired) electrons. The number of aryl methyl sites for hydroxylation is 1. The molecule has 0 saturated carbocycles. The molecule has 124 valence electrons. The van der Waals surface area contributed by atoms with Crippen LogP contribution in [0.5, 0.6) is 0 Å².